The molecule has 1 atom stereocenters. The largest absolute Gasteiger partial charge is 0.495 e. The molecule has 2 aromatic rings. The highest BCUT2D eigenvalue weighted by molar-refractivity contribution is 5.89. The second-order valence-corrected chi connectivity index (χ2v) is 8.00. The SMILES string of the molecule is COc1cc(C(=O)O)ccc1NCC(CCc1ccc(C#N)cc1)C1(O)CCNCC1. The zero-order valence-corrected chi connectivity index (χ0v) is 17.7. The van der Waals surface area contributed by atoms with Crippen molar-refractivity contribution in [3.05, 3.63) is 59.2 Å². The van der Waals surface area contributed by atoms with Gasteiger partial charge in [0.15, 0.2) is 0 Å². The number of carbonyl (C=O) groups is 1. The lowest BCUT2D eigenvalue weighted by Crippen LogP contribution is -2.49. The van der Waals surface area contributed by atoms with Gasteiger partial charge in [0.1, 0.15) is 5.75 Å². The van der Waals surface area contributed by atoms with Gasteiger partial charge >= 0.3 is 5.97 Å². The zero-order valence-electron chi connectivity index (χ0n) is 17.7. The number of carboxylic acid groups (broad SMARTS) is 1. The van der Waals surface area contributed by atoms with E-state index in [4.69, 9.17) is 10.00 Å². The Hall–Kier alpha value is -3.08. The van der Waals surface area contributed by atoms with Crippen molar-refractivity contribution in [2.45, 2.75) is 31.3 Å². The predicted molar refractivity (Wildman–Crippen MR) is 118 cm³/mol. The average molecular weight is 424 g/mol. The molecule has 0 amide bonds. The van der Waals surface area contributed by atoms with Gasteiger partial charge in [-0.15, -0.1) is 0 Å². The Morgan fingerprint density at radius 1 is 1.26 bits per heavy atom. The molecule has 1 aliphatic rings. The second-order valence-electron chi connectivity index (χ2n) is 8.00. The summed E-state index contributed by atoms with van der Waals surface area (Å²) in [7, 11) is 1.51. The third kappa shape index (κ3) is 5.75. The number of nitrogens with one attached hydrogen (secondary N) is 2. The number of rotatable bonds is 9. The topological polar surface area (TPSA) is 115 Å². The fourth-order valence-corrected chi connectivity index (χ4v) is 4.12. The number of aromatic carboxylic acids is 1. The van der Waals surface area contributed by atoms with E-state index in [2.05, 4.69) is 16.7 Å². The average Bonchev–Trinajstić information content (AvgIpc) is 2.79. The number of nitriles is 1. The van der Waals surface area contributed by atoms with E-state index in [9.17, 15) is 15.0 Å². The van der Waals surface area contributed by atoms with Crippen LogP contribution in [-0.2, 0) is 6.42 Å². The minimum atomic E-state index is -1.01. The number of hydrogen-bond donors (Lipinski definition) is 4. The van der Waals surface area contributed by atoms with Gasteiger partial charge in [-0.25, -0.2) is 4.79 Å². The molecule has 0 bridgehead atoms. The lowest BCUT2D eigenvalue weighted by molar-refractivity contribution is -0.0419. The Labute approximate surface area is 182 Å². The van der Waals surface area contributed by atoms with Crippen LogP contribution in [-0.4, -0.2) is 48.5 Å². The zero-order chi connectivity index (χ0) is 22.3. The van der Waals surface area contributed by atoms with E-state index in [0.29, 0.717) is 36.4 Å². The smallest absolute Gasteiger partial charge is 0.335 e. The number of benzene rings is 2. The molecule has 1 aliphatic heterocycles. The summed E-state index contributed by atoms with van der Waals surface area (Å²) in [6.45, 7) is 2.09. The number of anilines is 1. The number of hydrogen-bond acceptors (Lipinski definition) is 6. The van der Waals surface area contributed by atoms with E-state index in [0.717, 1.165) is 31.5 Å². The number of methoxy groups -OCH3 is 1. The molecule has 0 aromatic heterocycles. The molecule has 0 spiro atoms. The van der Waals surface area contributed by atoms with Crippen LogP contribution >= 0.6 is 0 Å². The number of piperidine rings is 1. The molecule has 31 heavy (non-hydrogen) atoms. The first-order valence-electron chi connectivity index (χ1n) is 10.5. The third-order valence-electron chi connectivity index (χ3n) is 6.08. The van der Waals surface area contributed by atoms with Crippen LogP contribution < -0.4 is 15.4 Å². The van der Waals surface area contributed by atoms with E-state index in [1.807, 2.05) is 24.3 Å². The molecule has 1 unspecified atom stereocenters. The van der Waals surface area contributed by atoms with Crippen molar-refractivity contribution in [1.82, 2.24) is 5.32 Å². The number of aryl methyl sites for hydroxylation is 1. The summed E-state index contributed by atoms with van der Waals surface area (Å²) in [5.74, 6) is -0.550. The van der Waals surface area contributed by atoms with Crippen molar-refractivity contribution in [3.63, 3.8) is 0 Å². The summed E-state index contributed by atoms with van der Waals surface area (Å²) in [6.07, 6.45) is 2.94. The molecule has 0 saturated carbocycles. The van der Waals surface area contributed by atoms with Crippen molar-refractivity contribution in [2.24, 2.45) is 5.92 Å². The Kier molecular flexibility index (Phi) is 7.50. The summed E-state index contributed by atoms with van der Waals surface area (Å²) in [5.41, 5.74) is 1.85. The highest BCUT2D eigenvalue weighted by Gasteiger charge is 2.37. The summed E-state index contributed by atoms with van der Waals surface area (Å²) in [6, 6.07) is 14.4. The van der Waals surface area contributed by atoms with E-state index in [1.165, 1.54) is 19.2 Å². The van der Waals surface area contributed by atoms with Gasteiger partial charge in [0.2, 0.25) is 0 Å². The first-order chi connectivity index (χ1) is 14.9. The van der Waals surface area contributed by atoms with Crippen LogP contribution in [0.2, 0.25) is 0 Å². The summed E-state index contributed by atoms with van der Waals surface area (Å²) < 4.78 is 5.37. The van der Waals surface area contributed by atoms with E-state index in [-0.39, 0.29) is 11.5 Å². The fraction of sp³-hybridized carbons (Fsp3) is 0.417. The van der Waals surface area contributed by atoms with Crippen molar-refractivity contribution < 1.29 is 19.7 Å². The lowest BCUT2D eigenvalue weighted by atomic mass is 9.77. The molecule has 0 radical (unpaired) electrons. The monoisotopic (exact) mass is 423 g/mol. The minimum Gasteiger partial charge on any atom is -0.495 e. The Morgan fingerprint density at radius 3 is 2.58 bits per heavy atom. The van der Waals surface area contributed by atoms with Crippen molar-refractivity contribution in [3.8, 4) is 11.8 Å². The molecule has 7 nitrogen and oxygen atoms in total. The van der Waals surface area contributed by atoms with Gasteiger partial charge in [0, 0.05) is 12.5 Å². The van der Waals surface area contributed by atoms with Crippen LogP contribution in [0.3, 0.4) is 0 Å². The molecule has 1 saturated heterocycles. The Bertz CT molecular complexity index is 931. The number of nitrogens with zero attached hydrogens (tertiary/aromatic N) is 1. The summed E-state index contributed by atoms with van der Waals surface area (Å²) in [5, 5.41) is 36.2. The molecule has 164 valence electrons. The van der Waals surface area contributed by atoms with Crippen molar-refractivity contribution in [2.75, 3.05) is 32.1 Å². The van der Waals surface area contributed by atoms with Crippen molar-refractivity contribution in [1.29, 1.82) is 5.26 Å². The van der Waals surface area contributed by atoms with Gasteiger partial charge in [0.25, 0.3) is 0 Å². The molecule has 7 heteroatoms. The van der Waals surface area contributed by atoms with Gasteiger partial charge < -0.3 is 25.6 Å². The Balaban J connectivity index is 1.73. The molecule has 3 rings (SSSR count). The highest BCUT2D eigenvalue weighted by atomic mass is 16.5. The van der Waals surface area contributed by atoms with E-state index >= 15 is 0 Å². The van der Waals surface area contributed by atoms with E-state index < -0.39 is 11.6 Å². The third-order valence-corrected chi connectivity index (χ3v) is 6.08. The fourth-order valence-electron chi connectivity index (χ4n) is 4.12. The molecule has 2 aromatic carbocycles. The first kappa shape index (κ1) is 22.6. The first-order valence-corrected chi connectivity index (χ1v) is 10.5. The van der Waals surface area contributed by atoms with Gasteiger partial charge in [-0.1, -0.05) is 12.1 Å². The maximum Gasteiger partial charge on any atom is 0.335 e. The summed E-state index contributed by atoms with van der Waals surface area (Å²) in [4.78, 5) is 11.2. The maximum atomic E-state index is 11.4. The highest BCUT2D eigenvalue weighted by Crippen LogP contribution is 2.33. The van der Waals surface area contributed by atoms with Crippen LogP contribution in [0.15, 0.2) is 42.5 Å². The van der Waals surface area contributed by atoms with Gasteiger partial charge in [-0.3, -0.25) is 0 Å². The van der Waals surface area contributed by atoms with Gasteiger partial charge in [-0.05, 0) is 74.7 Å². The lowest BCUT2D eigenvalue weighted by Gasteiger charge is -2.40. The normalized spacial score (nSPS) is 16.2. The molecule has 1 heterocycles. The summed E-state index contributed by atoms with van der Waals surface area (Å²) >= 11 is 0. The molecular formula is C24H29N3O4. The Morgan fingerprint density at radius 2 is 1.97 bits per heavy atom. The van der Waals surface area contributed by atoms with Crippen LogP contribution in [0.25, 0.3) is 0 Å². The van der Waals surface area contributed by atoms with Crippen LogP contribution in [0.5, 0.6) is 5.75 Å². The maximum absolute atomic E-state index is 11.4. The van der Waals surface area contributed by atoms with Gasteiger partial charge in [0.05, 0.1) is 35.6 Å². The molecule has 0 aliphatic carbocycles. The van der Waals surface area contributed by atoms with Crippen LogP contribution in [0.4, 0.5) is 5.69 Å². The quantitative estimate of drug-likeness (QED) is 0.490. The second kappa shape index (κ2) is 10.3. The van der Waals surface area contributed by atoms with Crippen molar-refractivity contribution >= 4 is 11.7 Å². The standard InChI is InChI=1S/C24H29N3O4/c1-31-22-14-19(23(28)29)7-9-21(22)27-16-20(24(30)10-12-26-13-11-24)8-6-17-2-4-18(15-25)5-3-17/h2-5,7,9,14,20,26-27,30H,6,8,10-13,16H2,1H3,(H,28,29). The molecule has 4 N–H and O–H groups in total. The minimum absolute atomic E-state index is 0.00546. The predicted octanol–water partition coefficient (Wildman–Crippen LogP) is 3.04. The van der Waals surface area contributed by atoms with Gasteiger partial charge in [-0.2, -0.15) is 5.26 Å². The number of carboxylic acids is 1. The number of aliphatic hydroxyl groups is 1. The van der Waals surface area contributed by atoms with Crippen LogP contribution in [0.1, 0.15) is 40.7 Å². The molecular weight excluding hydrogens is 394 g/mol. The van der Waals surface area contributed by atoms with E-state index in [1.54, 1.807) is 6.07 Å². The number of ether oxygens (including phenoxy) is 1. The molecule has 1 fully saturated rings. The van der Waals surface area contributed by atoms with Crippen LogP contribution in [0, 0.1) is 17.2 Å².